The minimum Gasteiger partial charge on any atom is -0.382 e. The van der Waals surface area contributed by atoms with E-state index in [4.69, 9.17) is 5.11 Å². The van der Waals surface area contributed by atoms with Gasteiger partial charge in [-0.15, -0.1) is 8.78 Å². The molecule has 1 N–H and O–H groups in total. The van der Waals surface area contributed by atoms with Crippen molar-refractivity contribution >= 4 is 0 Å². The van der Waals surface area contributed by atoms with Gasteiger partial charge in [-0.25, -0.2) is 4.74 Å². The maximum Gasteiger partial charge on any atom is 0.492 e. The maximum atomic E-state index is 13.2. The van der Waals surface area contributed by atoms with Gasteiger partial charge in [-0.2, -0.15) is 4.39 Å². The molecular formula is C6H9F3O5. The quantitative estimate of drug-likeness (QED) is 0.682. The summed E-state index contributed by atoms with van der Waals surface area (Å²) in [5, 5.41) is 8.72. The zero-order chi connectivity index (χ0) is 10.8. The van der Waals surface area contributed by atoms with E-state index >= 15 is 0 Å². The van der Waals surface area contributed by atoms with E-state index in [-0.39, 0.29) is 13.2 Å². The second-order valence-electron chi connectivity index (χ2n) is 2.46. The first-order valence-electron chi connectivity index (χ1n) is 3.65. The Morgan fingerprint density at radius 3 is 2.43 bits per heavy atom. The van der Waals surface area contributed by atoms with Crippen LogP contribution >= 0.6 is 0 Å². The number of aliphatic hydroxyl groups is 1. The number of hydrogen-bond donors (Lipinski definition) is 1. The number of aliphatic hydroxyl groups excluding tert-OH is 1. The molecule has 1 heterocycles. The second kappa shape index (κ2) is 3.99. The van der Waals surface area contributed by atoms with Crippen LogP contribution in [0.5, 0.6) is 0 Å². The van der Waals surface area contributed by atoms with Gasteiger partial charge in [0.05, 0.1) is 13.2 Å². The summed E-state index contributed by atoms with van der Waals surface area (Å²) >= 11 is 0. The standard InChI is InChI=1S/C6H9F3O5/c1-11-2-3-12-5(7)4(10)13-6(8,9)14-5/h4,10H,2-3H2,1H3. The van der Waals surface area contributed by atoms with Gasteiger partial charge in [-0.3, -0.25) is 4.74 Å². The third-order valence-electron chi connectivity index (χ3n) is 1.39. The highest BCUT2D eigenvalue weighted by Gasteiger charge is 2.61. The van der Waals surface area contributed by atoms with Crippen LogP contribution in [0.1, 0.15) is 0 Å². The van der Waals surface area contributed by atoms with Gasteiger partial charge in [0.1, 0.15) is 0 Å². The number of halogens is 3. The molecule has 0 bridgehead atoms. The SMILES string of the molecule is COCCOC1(F)OC(F)(F)OC1O. The molecule has 0 radical (unpaired) electrons. The molecule has 2 unspecified atom stereocenters. The Kier molecular flexibility index (Phi) is 3.32. The summed E-state index contributed by atoms with van der Waals surface area (Å²) in [6.45, 7) is -0.392. The molecular weight excluding hydrogens is 209 g/mol. The van der Waals surface area contributed by atoms with Crippen LogP contribution in [0.25, 0.3) is 0 Å². The highest BCUT2D eigenvalue weighted by molar-refractivity contribution is 4.67. The van der Waals surface area contributed by atoms with Gasteiger partial charge >= 0.3 is 12.3 Å². The summed E-state index contributed by atoms with van der Waals surface area (Å²) in [6, 6.07) is -3.36. The Hall–Kier alpha value is -0.410. The van der Waals surface area contributed by atoms with Gasteiger partial charge < -0.3 is 14.6 Å². The van der Waals surface area contributed by atoms with Gasteiger partial charge in [-0.05, 0) is 0 Å². The van der Waals surface area contributed by atoms with Crippen LogP contribution in [-0.4, -0.2) is 44.1 Å². The topological polar surface area (TPSA) is 57.2 Å². The lowest BCUT2D eigenvalue weighted by molar-refractivity contribution is -0.408. The highest BCUT2D eigenvalue weighted by atomic mass is 19.3. The molecule has 0 aromatic rings. The molecule has 5 nitrogen and oxygen atoms in total. The van der Waals surface area contributed by atoms with E-state index in [0.717, 1.165) is 0 Å². The summed E-state index contributed by atoms with van der Waals surface area (Å²) < 4.78 is 53.2. The molecule has 0 amide bonds. The van der Waals surface area contributed by atoms with Crippen LogP contribution in [0.4, 0.5) is 13.2 Å². The molecule has 8 heteroatoms. The molecule has 0 aliphatic carbocycles. The first kappa shape index (κ1) is 11.7. The molecule has 2 atom stereocenters. The molecule has 1 saturated heterocycles. The van der Waals surface area contributed by atoms with E-state index in [1.54, 1.807) is 0 Å². The monoisotopic (exact) mass is 218 g/mol. The van der Waals surface area contributed by atoms with Crippen molar-refractivity contribution in [2.75, 3.05) is 20.3 Å². The first-order chi connectivity index (χ1) is 6.40. The lowest BCUT2D eigenvalue weighted by atomic mass is 10.5. The predicted octanol–water partition coefficient (Wildman–Crippen LogP) is 0.188. The molecule has 1 aliphatic heterocycles. The molecule has 14 heavy (non-hydrogen) atoms. The number of hydrogen-bond acceptors (Lipinski definition) is 5. The largest absolute Gasteiger partial charge is 0.492 e. The fourth-order valence-electron chi connectivity index (χ4n) is 0.802. The Bertz CT molecular complexity index is 202. The zero-order valence-corrected chi connectivity index (χ0v) is 7.21. The molecule has 0 spiro atoms. The third-order valence-corrected chi connectivity index (χ3v) is 1.39. The summed E-state index contributed by atoms with van der Waals surface area (Å²) in [5.41, 5.74) is 0. The number of ether oxygens (including phenoxy) is 4. The van der Waals surface area contributed by atoms with Gasteiger partial charge in [0.15, 0.2) is 0 Å². The summed E-state index contributed by atoms with van der Waals surface area (Å²) in [4.78, 5) is 0. The normalized spacial score (nSPS) is 36.2. The number of rotatable bonds is 4. The van der Waals surface area contributed by atoms with Crippen molar-refractivity contribution < 1.29 is 37.2 Å². The number of alkyl halides is 3. The lowest BCUT2D eigenvalue weighted by Gasteiger charge is -2.19. The average Bonchev–Trinajstić information content (AvgIpc) is 2.21. The first-order valence-corrected chi connectivity index (χ1v) is 3.65. The summed E-state index contributed by atoms with van der Waals surface area (Å²) in [7, 11) is 1.31. The van der Waals surface area contributed by atoms with E-state index in [1.807, 2.05) is 0 Å². The summed E-state index contributed by atoms with van der Waals surface area (Å²) in [5.74, 6) is 0. The van der Waals surface area contributed by atoms with Crippen molar-refractivity contribution in [2.24, 2.45) is 0 Å². The van der Waals surface area contributed by atoms with Crippen molar-refractivity contribution in [3.8, 4) is 0 Å². The smallest absolute Gasteiger partial charge is 0.382 e. The van der Waals surface area contributed by atoms with Crippen LogP contribution in [-0.2, 0) is 18.9 Å². The van der Waals surface area contributed by atoms with E-state index in [0.29, 0.717) is 0 Å². The van der Waals surface area contributed by atoms with E-state index in [9.17, 15) is 13.2 Å². The van der Waals surface area contributed by atoms with Crippen molar-refractivity contribution in [3.05, 3.63) is 0 Å². The van der Waals surface area contributed by atoms with Gasteiger partial charge in [0.25, 0.3) is 6.29 Å². The maximum absolute atomic E-state index is 13.2. The van der Waals surface area contributed by atoms with Crippen LogP contribution in [0.3, 0.4) is 0 Å². The van der Waals surface area contributed by atoms with Gasteiger partial charge in [0.2, 0.25) is 0 Å². The van der Waals surface area contributed by atoms with Crippen LogP contribution in [0.2, 0.25) is 0 Å². The molecule has 84 valence electrons. The van der Waals surface area contributed by atoms with E-state index in [1.165, 1.54) is 7.11 Å². The highest BCUT2D eigenvalue weighted by Crippen LogP contribution is 2.39. The molecule has 0 aromatic carbocycles. The van der Waals surface area contributed by atoms with Crippen molar-refractivity contribution in [3.63, 3.8) is 0 Å². The Morgan fingerprint density at radius 1 is 1.36 bits per heavy atom. The van der Waals surface area contributed by atoms with Gasteiger partial charge in [-0.1, -0.05) is 0 Å². The lowest BCUT2D eigenvalue weighted by Crippen LogP contribution is -2.39. The van der Waals surface area contributed by atoms with E-state index in [2.05, 4.69) is 18.9 Å². The zero-order valence-electron chi connectivity index (χ0n) is 7.21. The van der Waals surface area contributed by atoms with Gasteiger partial charge in [0, 0.05) is 7.11 Å². The molecule has 1 fully saturated rings. The van der Waals surface area contributed by atoms with E-state index < -0.39 is 18.6 Å². The summed E-state index contributed by atoms with van der Waals surface area (Å²) in [6.07, 6.45) is -6.68. The van der Waals surface area contributed by atoms with Crippen molar-refractivity contribution in [2.45, 2.75) is 18.6 Å². The van der Waals surface area contributed by atoms with Crippen molar-refractivity contribution in [1.82, 2.24) is 0 Å². The molecule has 1 rings (SSSR count). The predicted molar refractivity (Wildman–Crippen MR) is 34.8 cm³/mol. The fraction of sp³-hybridized carbons (Fsp3) is 1.00. The molecule has 1 aliphatic rings. The molecule has 0 saturated carbocycles. The van der Waals surface area contributed by atoms with Crippen LogP contribution in [0.15, 0.2) is 0 Å². The fourth-order valence-corrected chi connectivity index (χ4v) is 0.802. The van der Waals surface area contributed by atoms with Crippen LogP contribution < -0.4 is 0 Å². The Balaban J connectivity index is 2.48. The minimum absolute atomic E-state index is 0.0344. The average molecular weight is 218 g/mol. The Labute approximate surface area is 77.3 Å². The second-order valence-corrected chi connectivity index (χ2v) is 2.46. The number of methoxy groups -OCH3 is 1. The third kappa shape index (κ3) is 2.55. The minimum atomic E-state index is -4.19. The molecule has 0 aromatic heterocycles. The Morgan fingerprint density at radius 2 is 2.00 bits per heavy atom. The van der Waals surface area contributed by atoms with Crippen LogP contribution in [0, 0.1) is 0 Å². The van der Waals surface area contributed by atoms with Crippen molar-refractivity contribution in [1.29, 1.82) is 0 Å².